The minimum absolute atomic E-state index is 0.00400. The molecule has 28 heavy (non-hydrogen) atoms. The van der Waals surface area contributed by atoms with Crippen molar-refractivity contribution in [1.82, 2.24) is 4.57 Å². The number of benzene rings is 1. The zero-order valence-corrected chi connectivity index (χ0v) is 17.3. The van der Waals surface area contributed by atoms with Crippen molar-refractivity contribution in [3.63, 3.8) is 0 Å². The molecule has 8 heteroatoms. The molecule has 0 spiro atoms. The Balaban J connectivity index is 2.57. The third kappa shape index (κ3) is 4.82. The second-order valence-corrected chi connectivity index (χ2v) is 8.44. The maximum absolute atomic E-state index is 12.1. The summed E-state index contributed by atoms with van der Waals surface area (Å²) in [6.07, 6.45) is 1.05. The molecule has 1 amide bonds. The highest BCUT2D eigenvalue weighted by molar-refractivity contribution is 5.89. The average Bonchev–Trinajstić information content (AvgIpc) is 3.01. The van der Waals surface area contributed by atoms with Gasteiger partial charge in [-0.25, -0.2) is 4.79 Å². The third-order valence-electron chi connectivity index (χ3n) is 3.91. The molecule has 0 radical (unpaired) electrons. The number of hydrogen-bond donors (Lipinski definition) is 1. The van der Waals surface area contributed by atoms with Gasteiger partial charge >= 0.3 is 6.09 Å². The number of methoxy groups -OCH3 is 1. The number of amides is 1. The van der Waals surface area contributed by atoms with Crippen molar-refractivity contribution in [1.29, 1.82) is 0 Å². The van der Waals surface area contributed by atoms with E-state index in [1.165, 1.54) is 19.2 Å². The fraction of sp³-hybridized carbons (Fsp3) is 0.450. The van der Waals surface area contributed by atoms with Gasteiger partial charge in [0.05, 0.1) is 17.7 Å². The largest absolute Gasteiger partial charge is 0.494 e. The maximum atomic E-state index is 12.1. The molecule has 1 aromatic carbocycles. The lowest BCUT2D eigenvalue weighted by atomic mass is 9.92. The van der Waals surface area contributed by atoms with Crippen LogP contribution in [0.25, 0.3) is 5.69 Å². The van der Waals surface area contributed by atoms with Crippen LogP contribution in [0.2, 0.25) is 0 Å². The maximum Gasteiger partial charge on any atom is 0.412 e. The first-order valence-corrected chi connectivity index (χ1v) is 8.88. The van der Waals surface area contributed by atoms with Crippen LogP contribution in [0.4, 0.5) is 16.2 Å². The number of nitro groups is 1. The molecule has 0 aliphatic rings. The van der Waals surface area contributed by atoms with Crippen LogP contribution in [-0.4, -0.2) is 28.3 Å². The molecule has 1 N–H and O–H groups in total. The number of ether oxygens (including phenoxy) is 2. The molecule has 0 saturated heterocycles. The molecule has 0 atom stereocenters. The fourth-order valence-corrected chi connectivity index (χ4v) is 2.78. The van der Waals surface area contributed by atoms with Gasteiger partial charge in [-0.3, -0.25) is 15.4 Å². The van der Waals surface area contributed by atoms with Gasteiger partial charge in [-0.05, 0) is 32.9 Å². The second kappa shape index (κ2) is 7.53. The number of carbonyl (C=O) groups is 1. The van der Waals surface area contributed by atoms with E-state index >= 15 is 0 Å². The Kier molecular flexibility index (Phi) is 5.72. The van der Waals surface area contributed by atoms with Crippen LogP contribution >= 0.6 is 0 Å². The lowest BCUT2D eigenvalue weighted by molar-refractivity contribution is -0.383. The lowest BCUT2D eigenvalue weighted by Crippen LogP contribution is -2.27. The molecule has 2 aromatic rings. The van der Waals surface area contributed by atoms with Gasteiger partial charge in [0.15, 0.2) is 0 Å². The Bertz CT molecular complexity index is 888. The fourth-order valence-electron chi connectivity index (χ4n) is 2.78. The van der Waals surface area contributed by atoms with Gasteiger partial charge in [-0.15, -0.1) is 0 Å². The van der Waals surface area contributed by atoms with E-state index in [1.54, 1.807) is 20.8 Å². The van der Waals surface area contributed by atoms with Crippen molar-refractivity contribution in [2.75, 3.05) is 12.4 Å². The molecule has 1 heterocycles. The number of hydrogen-bond acceptors (Lipinski definition) is 5. The first kappa shape index (κ1) is 21.3. The number of nitro benzene ring substituents is 1. The zero-order valence-electron chi connectivity index (χ0n) is 17.3. The van der Waals surface area contributed by atoms with E-state index in [1.807, 2.05) is 22.9 Å². The van der Waals surface area contributed by atoms with Gasteiger partial charge in [0.25, 0.3) is 5.69 Å². The van der Waals surface area contributed by atoms with Gasteiger partial charge in [-0.1, -0.05) is 20.8 Å². The SMILES string of the molecule is COc1cc(NC(=O)OC(C)(C)C)c([N+](=O)[O-])cc1-n1cccc1C(C)(C)C. The Morgan fingerprint density at radius 2 is 1.82 bits per heavy atom. The quantitative estimate of drug-likeness (QED) is 0.584. The van der Waals surface area contributed by atoms with E-state index in [-0.39, 0.29) is 16.8 Å². The lowest BCUT2D eigenvalue weighted by Gasteiger charge is -2.23. The van der Waals surface area contributed by atoms with Crippen molar-refractivity contribution in [2.45, 2.75) is 52.6 Å². The van der Waals surface area contributed by atoms with Crippen LogP contribution in [0.5, 0.6) is 5.75 Å². The van der Waals surface area contributed by atoms with Gasteiger partial charge < -0.3 is 14.0 Å². The van der Waals surface area contributed by atoms with Crippen LogP contribution in [0.15, 0.2) is 30.5 Å². The van der Waals surface area contributed by atoms with Crippen molar-refractivity contribution >= 4 is 17.5 Å². The Morgan fingerprint density at radius 3 is 2.32 bits per heavy atom. The van der Waals surface area contributed by atoms with E-state index in [4.69, 9.17) is 9.47 Å². The summed E-state index contributed by atoms with van der Waals surface area (Å²) in [7, 11) is 1.47. The number of nitrogens with zero attached hydrogens (tertiary/aromatic N) is 2. The predicted molar refractivity (Wildman–Crippen MR) is 108 cm³/mol. The molecule has 0 bridgehead atoms. The van der Waals surface area contributed by atoms with Crippen LogP contribution in [0.1, 0.15) is 47.2 Å². The standard InChI is InChI=1S/C20H27N3O5/c1-19(2,3)17-9-8-10-22(17)15-12-14(23(25)26)13(11-16(15)27-7)21-18(24)28-20(4,5)6/h8-12H,1-7H3,(H,21,24). The van der Waals surface area contributed by atoms with Gasteiger partial charge in [0.1, 0.15) is 17.0 Å². The topological polar surface area (TPSA) is 95.6 Å². The molecule has 0 aliphatic carbocycles. The number of nitrogens with one attached hydrogen (secondary N) is 1. The summed E-state index contributed by atoms with van der Waals surface area (Å²) >= 11 is 0. The highest BCUT2D eigenvalue weighted by Gasteiger charge is 2.26. The summed E-state index contributed by atoms with van der Waals surface area (Å²) in [5.41, 5.74) is 0.318. The van der Waals surface area contributed by atoms with E-state index in [0.29, 0.717) is 11.4 Å². The molecule has 1 aromatic heterocycles. The highest BCUT2D eigenvalue weighted by Crippen LogP contribution is 2.37. The second-order valence-electron chi connectivity index (χ2n) is 8.44. The summed E-state index contributed by atoms with van der Waals surface area (Å²) in [5.74, 6) is 0.387. The molecular weight excluding hydrogens is 362 g/mol. The molecule has 152 valence electrons. The highest BCUT2D eigenvalue weighted by atomic mass is 16.6. The third-order valence-corrected chi connectivity index (χ3v) is 3.91. The zero-order chi connectivity index (χ0) is 21.3. The minimum Gasteiger partial charge on any atom is -0.494 e. The molecule has 0 unspecified atom stereocenters. The van der Waals surface area contributed by atoms with E-state index < -0.39 is 16.6 Å². The number of anilines is 1. The number of rotatable bonds is 4. The Hall–Kier alpha value is -3.03. The first-order chi connectivity index (χ1) is 12.8. The van der Waals surface area contributed by atoms with Crippen molar-refractivity contribution < 1.29 is 19.2 Å². The summed E-state index contributed by atoms with van der Waals surface area (Å²) in [6, 6.07) is 6.65. The van der Waals surface area contributed by atoms with Gasteiger partial charge in [0.2, 0.25) is 0 Å². The average molecular weight is 389 g/mol. The summed E-state index contributed by atoms with van der Waals surface area (Å²) in [4.78, 5) is 23.2. The predicted octanol–water partition coefficient (Wildman–Crippen LogP) is 5.04. The Labute approximate surface area is 164 Å². The van der Waals surface area contributed by atoms with Crippen molar-refractivity contribution in [2.24, 2.45) is 0 Å². The number of aromatic nitrogens is 1. The summed E-state index contributed by atoms with van der Waals surface area (Å²) < 4.78 is 12.5. The van der Waals surface area contributed by atoms with Gasteiger partial charge in [-0.2, -0.15) is 0 Å². The monoisotopic (exact) mass is 389 g/mol. The number of carbonyl (C=O) groups excluding carboxylic acids is 1. The molecule has 0 aliphatic heterocycles. The van der Waals surface area contributed by atoms with Crippen LogP contribution in [0, 0.1) is 10.1 Å². The molecular formula is C20H27N3O5. The normalized spacial score (nSPS) is 11.8. The smallest absolute Gasteiger partial charge is 0.412 e. The first-order valence-electron chi connectivity index (χ1n) is 8.88. The molecule has 0 saturated carbocycles. The molecule has 8 nitrogen and oxygen atoms in total. The molecule has 0 fully saturated rings. The van der Waals surface area contributed by atoms with Crippen molar-refractivity contribution in [3.8, 4) is 11.4 Å². The van der Waals surface area contributed by atoms with E-state index in [0.717, 1.165) is 5.69 Å². The minimum atomic E-state index is -0.776. The summed E-state index contributed by atoms with van der Waals surface area (Å²) in [5, 5.41) is 14.1. The van der Waals surface area contributed by atoms with E-state index in [9.17, 15) is 14.9 Å². The van der Waals surface area contributed by atoms with Gasteiger partial charge in [0, 0.05) is 29.4 Å². The molecule has 2 rings (SSSR count). The van der Waals surface area contributed by atoms with Crippen LogP contribution in [0.3, 0.4) is 0 Å². The Morgan fingerprint density at radius 1 is 1.18 bits per heavy atom. The van der Waals surface area contributed by atoms with Crippen molar-refractivity contribution in [3.05, 3.63) is 46.3 Å². The van der Waals surface area contributed by atoms with Crippen LogP contribution < -0.4 is 10.1 Å². The summed E-state index contributed by atoms with van der Waals surface area (Å²) in [6.45, 7) is 11.3. The van der Waals surface area contributed by atoms with Crippen LogP contribution in [-0.2, 0) is 10.2 Å². The van der Waals surface area contributed by atoms with E-state index in [2.05, 4.69) is 26.1 Å².